The van der Waals surface area contributed by atoms with Crippen LogP contribution in [-0.4, -0.2) is 65.4 Å². The predicted molar refractivity (Wildman–Crippen MR) is 128 cm³/mol. The Balaban J connectivity index is 1.47. The minimum atomic E-state index is -3.69. The second-order valence-corrected chi connectivity index (χ2v) is 9.42. The van der Waals surface area contributed by atoms with Gasteiger partial charge in [0, 0.05) is 37.1 Å². The Bertz CT molecular complexity index is 1270. The molecule has 5 rings (SSSR count). The molecule has 2 aliphatic rings. The van der Waals surface area contributed by atoms with Crippen molar-refractivity contribution in [3.63, 3.8) is 0 Å². The number of ether oxygens (including phenoxy) is 2. The number of aliphatic hydroxyl groups excluding tert-OH is 1. The minimum absolute atomic E-state index is 0.0246. The van der Waals surface area contributed by atoms with E-state index in [4.69, 9.17) is 14.6 Å². The van der Waals surface area contributed by atoms with E-state index in [0.29, 0.717) is 55.3 Å². The second kappa shape index (κ2) is 9.45. The number of nitrogens with zero attached hydrogens (tertiary/aromatic N) is 4. The number of aryl methyl sites for hydroxylation is 1. The van der Waals surface area contributed by atoms with Crippen molar-refractivity contribution in [3.8, 4) is 0 Å². The van der Waals surface area contributed by atoms with Crippen molar-refractivity contribution in [2.75, 3.05) is 49.7 Å². The summed E-state index contributed by atoms with van der Waals surface area (Å²) in [6, 6.07) is 4.98. The molecule has 8 nitrogen and oxygen atoms in total. The lowest BCUT2D eigenvalue weighted by molar-refractivity contribution is -0.0584. The summed E-state index contributed by atoms with van der Waals surface area (Å²) in [5.41, 5.74) is 1.00. The summed E-state index contributed by atoms with van der Waals surface area (Å²) >= 11 is 0. The number of fused-ring (bicyclic) bond motifs is 1. The molecule has 3 aromatic rings. The molecule has 0 saturated carbocycles. The number of hydrogen-bond acceptors (Lipinski definition) is 8. The summed E-state index contributed by atoms with van der Waals surface area (Å²) in [6.45, 7) is 5.14. The molecular formula is C25H28F3N5O3. The van der Waals surface area contributed by atoms with Gasteiger partial charge >= 0.3 is 0 Å². The molecule has 4 heterocycles. The molecule has 2 N–H and O–H groups in total. The number of anilines is 2. The van der Waals surface area contributed by atoms with Gasteiger partial charge in [0.2, 0.25) is 0 Å². The van der Waals surface area contributed by atoms with Gasteiger partial charge in [-0.2, -0.15) is 13.9 Å². The van der Waals surface area contributed by atoms with Crippen LogP contribution in [0.4, 0.5) is 24.7 Å². The van der Waals surface area contributed by atoms with Crippen LogP contribution < -0.4 is 10.2 Å². The van der Waals surface area contributed by atoms with Crippen LogP contribution in [0.2, 0.25) is 0 Å². The molecule has 192 valence electrons. The second-order valence-electron chi connectivity index (χ2n) is 9.42. The fourth-order valence-corrected chi connectivity index (χ4v) is 4.86. The standard InChI is InChI=1S/C25H28F3N5O3/c1-15(18-4-3-5-20(21(18)26)25(27,28)13-34)30-23-19-10-17(11-29-22(19)16(2)31-32-23)33-7-9-36-24(12-33)6-8-35-14-24/h3-5,10-11,15,34H,6-9,12-14H2,1-2H3,(H,30,32)/t15-,24?/m1/s1. The van der Waals surface area contributed by atoms with Crippen molar-refractivity contribution in [1.82, 2.24) is 15.2 Å². The number of aliphatic hydroxyl groups is 1. The predicted octanol–water partition coefficient (Wildman–Crippen LogP) is 3.73. The van der Waals surface area contributed by atoms with E-state index in [1.54, 1.807) is 20.0 Å². The van der Waals surface area contributed by atoms with Gasteiger partial charge in [-0.15, -0.1) is 5.10 Å². The van der Waals surface area contributed by atoms with Gasteiger partial charge < -0.3 is 24.8 Å². The van der Waals surface area contributed by atoms with Gasteiger partial charge in [0.1, 0.15) is 18.0 Å². The number of alkyl halides is 2. The molecule has 2 aromatic heterocycles. The maximum absolute atomic E-state index is 15.0. The van der Waals surface area contributed by atoms with Crippen LogP contribution in [0.5, 0.6) is 0 Å². The van der Waals surface area contributed by atoms with E-state index in [9.17, 15) is 8.78 Å². The number of nitrogens with one attached hydrogen (secondary N) is 1. The largest absolute Gasteiger partial charge is 0.390 e. The maximum atomic E-state index is 15.0. The monoisotopic (exact) mass is 503 g/mol. The first kappa shape index (κ1) is 24.7. The molecule has 0 radical (unpaired) electrons. The van der Waals surface area contributed by atoms with Crippen molar-refractivity contribution in [2.45, 2.75) is 37.8 Å². The summed E-state index contributed by atoms with van der Waals surface area (Å²) in [5, 5.41) is 21.3. The quantitative estimate of drug-likeness (QED) is 0.526. The number of benzene rings is 1. The van der Waals surface area contributed by atoms with Crippen LogP contribution in [0, 0.1) is 12.7 Å². The number of halogens is 3. The third-order valence-electron chi connectivity index (χ3n) is 6.89. The van der Waals surface area contributed by atoms with Gasteiger partial charge in [-0.05, 0) is 26.0 Å². The number of rotatable bonds is 6. The first-order valence-electron chi connectivity index (χ1n) is 11.9. The molecule has 11 heteroatoms. The van der Waals surface area contributed by atoms with Gasteiger partial charge in [0.05, 0.1) is 47.9 Å². The normalized spacial score (nSPS) is 21.3. The lowest BCUT2D eigenvalue weighted by Gasteiger charge is -2.40. The maximum Gasteiger partial charge on any atom is 0.298 e. The number of hydrogen-bond donors (Lipinski definition) is 2. The van der Waals surface area contributed by atoms with E-state index in [1.165, 1.54) is 12.1 Å². The first-order chi connectivity index (χ1) is 17.2. The van der Waals surface area contributed by atoms with Gasteiger partial charge in [-0.1, -0.05) is 12.1 Å². The molecule has 1 aromatic carbocycles. The lowest BCUT2D eigenvalue weighted by atomic mass is 10.00. The molecule has 36 heavy (non-hydrogen) atoms. The van der Waals surface area contributed by atoms with Gasteiger partial charge in [-0.25, -0.2) is 4.39 Å². The molecule has 2 fully saturated rings. The number of morpholine rings is 1. The summed E-state index contributed by atoms with van der Waals surface area (Å²) in [5.74, 6) is -4.39. The van der Waals surface area contributed by atoms with Crippen LogP contribution >= 0.6 is 0 Å². The van der Waals surface area contributed by atoms with Crippen LogP contribution in [0.15, 0.2) is 30.5 Å². The summed E-state index contributed by atoms with van der Waals surface area (Å²) < 4.78 is 54.7. The topological polar surface area (TPSA) is 92.6 Å². The highest BCUT2D eigenvalue weighted by atomic mass is 19.3. The third-order valence-corrected chi connectivity index (χ3v) is 6.89. The Morgan fingerprint density at radius 2 is 2.11 bits per heavy atom. The summed E-state index contributed by atoms with van der Waals surface area (Å²) in [6.07, 6.45) is 2.62. The van der Waals surface area contributed by atoms with Crippen molar-refractivity contribution in [2.24, 2.45) is 0 Å². The van der Waals surface area contributed by atoms with Gasteiger partial charge in [0.15, 0.2) is 5.82 Å². The summed E-state index contributed by atoms with van der Waals surface area (Å²) in [4.78, 5) is 6.83. The van der Waals surface area contributed by atoms with E-state index in [-0.39, 0.29) is 11.2 Å². The number of pyridine rings is 1. The van der Waals surface area contributed by atoms with Gasteiger partial charge in [0.25, 0.3) is 5.92 Å². The highest BCUT2D eigenvalue weighted by Gasteiger charge is 2.40. The van der Waals surface area contributed by atoms with Gasteiger partial charge in [-0.3, -0.25) is 4.98 Å². The zero-order valence-electron chi connectivity index (χ0n) is 20.1. The van der Waals surface area contributed by atoms with Crippen LogP contribution in [-0.2, 0) is 15.4 Å². The van der Waals surface area contributed by atoms with E-state index >= 15 is 4.39 Å². The smallest absolute Gasteiger partial charge is 0.298 e. The zero-order valence-corrected chi connectivity index (χ0v) is 20.1. The lowest BCUT2D eigenvalue weighted by Crippen LogP contribution is -2.52. The van der Waals surface area contributed by atoms with Crippen LogP contribution in [0.1, 0.15) is 36.2 Å². The van der Waals surface area contributed by atoms with E-state index in [1.807, 2.05) is 6.07 Å². The highest BCUT2D eigenvalue weighted by Crippen LogP contribution is 2.35. The Kier molecular flexibility index (Phi) is 6.48. The first-order valence-corrected chi connectivity index (χ1v) is 11.9. The third kappa shape index (κ3) is 4.46. The summed E-state index contributed by atoms with van der Waals surface area (Å²) in [7, 11) is 0. The molecule has 0 aliphatic carbocycles. The fraction of sp³-hybridized carbons (Fsp3) is 0.480. The SMILES string of the molecule is Cc1nnc(N[C@H](C)c2cccc(C(F)(F)CO)c2F)c2cc(N3CCOC4(CCOC4)C3)cnc12. The average Bonchev–Trinajstić information content (AvgIpc) is 3.32. The molecule has 2 atom stereocenters. The zero-order chi connectivity index (χ0) is 25.5. The molecule has 0 bridgehead atoms. The Hall–Kier alpha value is -3.02. The van der Waals surface area contributed by atoms with Crippen LogP contribution in [0.3, 0.4) is 0 Å². The molecule has 1 unspecified atom stereocenters. The van der Waals surface area contributed by atoms with Crippen molar-refractivity contribution in [1.29, 1.82) is 0 Å². The van der Waals surface area contributed by atoms with Crippen molar-refractivity contribution < 1.29 is 27.8 Å². The minimum Gasteiger partial charge on any atom is -0.390 e. The molecule has 1 spiro atoms. The van der Waals surface area contributed by atoms with E-state index < -0.39 is 30.0 Å². The molecule has 2 saturated heterocycles. The Labute approximate surface area is 206 Å². The molecular weight excluding hydrogens is 475 g/mol. The Morgan fingerprint density at radius 3 is 2.86 bits per heavy atom. The van der Waals surface area contributed by atoms with Crippen molar-refractivity contribution in [3.05, 3.63) is 53.1 Å². The van der Waals surface area contributed by atoms with Crippen molar-refractivity contribution >= 4 is 22.4 Å². The highest BCUT2D eigenvalue weighted by molar-refractivity contribution is 5.92. The van der Waals surface area contributed by atoms with E-state index in [0.717, 1.165) is 18.2 Å². The van der Waals surface area contributed by atoms with Crippen LogP contribution in [0.25, 0.3) is 10.9 Å². The number of aromatic nitrogens is 3. The Morgan fingerprint density at radius 1 is 1.28 bits per heavy atom. The molecule has 2 aliphatic heterocycles. The van der Waals surface area contributed by atoms with E-state index in [2.05, 4.69) is 25.4 Å². The fourth-order valence-electron chi connectivity index (χ4n) is 4.86. The average molecular weight is 504 g/mol. The molecule has 0 amide bonds.